The maximum Gasteiger partial charge on any atom is 0.389 e. The van der Waals surface area contributed by atoms with Gasteiger partial charge in [-0.3, -0.25) is 0 Å². The van der Waals surface area contributed by atoms with Gasteiger partial charge in [-0.05, 0) is 54.2 Å². The van der Waals surface area contributed by atoms with Crippen molar-refractivity contribution < 1.29 is 37.3 Å². The monoisotopic (exact) mass is 552 g/mol. The Kier molecular flexibility index (Phi) is 9.52. The van der Waals surface area contributed by atoms with E-state index in [-0.39, 0.29) is 26.3 Å². The summed E-state index contributed by atoms with van der Waals surface area (Å²) < 4.78 is 54.5. The van der Waals surface area contributed by atoms with E-state index >= 15 is 0 Å². The van der Waals surface area contributed by atoms with Crippen molar-refractivity contribution in [3.63, 3.8) is 0 Å². The van der Waals surface area contributed by atoms with Crippen molar-refractivity contribution in [3.8, 4) is 17.0 Å². The number of ether oxygens (including phenoxy) is 3. The van der Waals surface area contributed by atoms with Crippen molar-refractivity contribution in [2.24, 2.45) is 5.92 Å². The molecule has 0 radical (unpaired) electrons. The van der Waals surface area contributed by atoms with Crippen molar-refractivity contribution in [1.29, 1.82) is 0 Å². The lowest BCUT2D eigenvalue weighted by Gasteiger charge is -2.28. The molecule has 1 aromatic heterocycles. The lowest BCUT2D eigenvalue weighted by Crippen LogP contribution is -2.36. The number of methoxy groups -OCH3 is 1. The number of aryl methyl sites for hydroxylation is 1. The Balaban J connectivity index is 1.54. The molecule has 214 valence electrons. The molecule has 12 heteroatoms. The maximum atomic E-state index is 12.8. The Labute approximate surface area is 225 Å². The smallest absolute Gasteiger partial charge is 0.389 e. The summed E-state index contributed by atoms with van der Waals surface area (Å²) in [5.74, 6) is 0.458. The average molecular weight is 553 g/mol. The quantitative estimate of drug-likeness (QED) is 0.484. The number of rotatable bonds is 9. The number of nitrogens with one attached hydrogen (secondary N) is 1. The zero-order valence-corrected chi connectivity index (χ0v) is 22.2. The van der Waals surface area contributed by atoms with Crippen LogP contribution in [0.2, 0.25) is 0 Å². The molecular weight excluding hydrogens is 517 g/mol. The van der Waals surface area contributed by atoms with Gasteiger partial charge in [-0.15, -0.1) is 0 Å². The Bertz CT molecular complexity index is 1130. The molecule has 0 spiro atoms. The highest BCUT2D eigenvalue weighted by atomic mass is 19.4. The Morgan fingerprint density at radius 1 is 1.21 bits per heavy atom. The molecule has 0 aliphatic carbocycles. The van der Waals surface area contributed by atoms with Gasteiger partial charge >= 0.3 is 12.2 Å². The van der Waals surface area contributed by atoms with Crippen LogP contribution < -0.4 is 15.0 Å². The predicted molar refractivity (Wildman–Crippen MR) is 140 cm³/mol. The van der Waals surface area contributed by atoms with Crippen molar-refractivity contribution in [3.05, 3.63) is 35.9 Å². The van der Waals surface area contributed by atoms with Crippen molar-refractivity contribution >= 4 is 17.5 Å². The third-order valence-corrected chi connectivity index (χ3v) is 6.80. The largest absolute Gasteiger partial charge is 0.475 e. The highest BCUT2D eigenvalue weighted by Gasteiger charge is 2.36. The van der Waals surface area contributed by atoms with E-state index in [0.29, 0.717) is 50.1 Å². The Morgan fingerprint density at radius 2 is 1.97 bits per heavy atom. The van der Waals surface area contributed by atoms with E-state index in [9.17, 15) is 23.1 Å². The number of aliphatic hydroxyl groups excluding tert-OH is 1. The second-order valence-corrected chi connectivity index (χ2v) is 9.95. The molecule has 1 aromatic carbocycles. The predicted octanol–water partition coefficient (Wildman–Crippen LogP) is 4.09. The molecule has 9 nitrogen and oxygen atoms in total. The molecule has 4 rings (SSSR count). The van der Waals surface area contributed by atoms with Crippen LogP contribution in [0.4, 0.5) is 29.5 Å². The van der Waals surface area contributed by atoms with Gasteiger partial charge in [0.2, 0.25) is 5.88 Å². The van der Waals surface area contributed by atoms with E-state index in [2.05, 4.69) is 15.2 Å². The van der Waals surface area contributed by atoms with Crippen LogP contribution in [0.5, 0.6) is 5.88 Å². The Morgan fingerprint density at radius 3 is 2.69 bits per heavy atom. The number of amides is 2. The SMILES string of the molecule is COC[C@H](O)COc1cc(-c2cc(NC(=O)N3CC[C@@H](CC(F)(F)F)C3)ccc2C)cc(N2CCOCC2)n1. The number of hydrogen-bond acceptors (Lipinski definition) is 7. The molecule has 0 saturated carbocycles. The first-order chi connectivity index (χ1) is 18.6. The third-order valence-electron chi connectivity index (χ3n) is 6.80. The summed E-state index contributed by atoms with van der Waals surface area (Å²) >= 11 is 0. The number of benzene rings is 1. The fourth-order valence-corrected chi connectivity index (χ4v) is 4.82. The van der Waals surface area contributed by atoms with Gasteiger partial charge in [-0.25, -0.2) is 4.79 Å². The molecule has 2 N–H and O–H groups in total. The summed E-state index contributed by atoms with van der Waals surface area (Å²) in [7, 11) is 1.50. The first-order valence-corrected chi connectivity index (χ1v) is 13.0. The summed E-state index contributed by atoms with van der Waals surface area (Å²) in [6.07, 6.45) is -5.60. The number of halogens is 3. The minimum atomic E-state index is -4.24. The second-order valence-electron chi connectivity index (χ2n) is 9.95. The number of nitrogens with zero attached hydrogens (tertiary/aromatic N) is 3. The Hall–Kier alpha value is -3.09. The fraction of sp³-hybridized carbons (Fsp3) is 0.556. The molecule has 2 fully saturated rings. The van der Waals surface area contributed by atoms with E-state index in [0.717, 1.165) is 16.7 Å². The van der Waals surface area contributed by atoms with E-state index < -0.39 is 30.7 Å². The number of carbonyl (C=O) groups is 1. The first-order valence-electron chi connectivity index (χ1n) is 13.0. The van der Waals surface area contributed by atoms with Crippen LogP contribution >= 0.6 is 0 Å². The van der Waals surface area contributed by atoms with Gasteiger partial charge in [-0.1, -0.05) is 6.07 Å². The highest BCUT2D eigenvalue weighted by molar-refractivity contribution is 5.90. The number of anilines is 2. The van der Waals surface area contributed by atoms with Gasteiger partial charge in [0.05, 0.1) is 19.8 Å². The highest BCUT2D eigenvalue weighted by Crippen LogP contribution is 2.33. The van der Waals surface area contributed by atoms with Crippen molar-refractivity contribution in [2.75, 3.05) is 69.9 Å². The number of pyridine rings is 1. The van der Waals surface area contributed by atoms with Crippen LogP contribution in [0.1, 0.15) is 18.4 Å². The normalized spacial score (nSPS) is 18.8. The fourth-order valence-electron chi connectivity index (χ4n) is 4.82. The number of aromatic nitrogens is 1. The molecule has 39 heavy (non-hydrogen) atoms. The molecule has 0 unspecified atom stereocenters. The lowest BCUT2D eigenvalue weighted by molar-refractivity contribution is -0.143. The van der Waals surface area contributed by atoms with Crippen LogP contribution in [0, 0.1) is 12.8 Å². The van der Waals surface area contributed by atoms with Crippen molar-refractivity contribution in [2.45, 2.75) is 32.0 Å². The maximum absolute atomic E-state index is 12.8. The lowest BCUT2D eigenvalue weighted by atomic mass is 10.0. The summed E-state index contributed by atoms with van der Waals surface area (Å²) in [6, 6.07) is 8.77. The number of morpholine rings is 1. The van der Waals surface area contributed by atoms with Crippen LogP contribution in [0.15, 0.2) is 30.3 Å². The zero-order valence-electron chi connectivity index (χ0n) is 22.2. The van der Waals surface area contributed by atoms with Crippen LogP contribution in [0.25, 0.3) is 11.1 Å². The summed E-state index contributed by atoms with van der Waals surface area (Å²) in [6.45, 7) is 4.94. The molecule has 2 aromatic rings. The van der Waals surface area contributed by atoms with Gasteiger partial charge in [0, 0.05) is 51.5 Å². The number of aliphatic hydroxyl groups is 1. The zero-order chi connectivity index (χ0) is 28.0. The third kappa shape index (κ3) is 8.20. The van der Waals surface area contributed by atoms with Gasteiger partial charge in [0.15, 0.2) is 0 Å². The van der Waals surface area contributed by atoms with Gasteiger partial charge in [-0.2, -0.15) is 18.2 Å². The van der Waals surface area contributed by atoms with Crippen LogP contribution in [0.3, 0.4) is 0 Å². The van der Waals surface area contributed by atoms with Crippen LogP contribution in [-0.4, -0.2) is 93.0 Å². The minimum absolute atomic E-state index is 0.00703. The minimum Gasteiger partial charge on any atom is -0.475 e. The number of urea groups is 1. The standard InChI is InChI=1S/C27H35F3N4O5/c1-18-3-4-21(31-26(36)34-6-5-19(15-34)14-27(28,29)30)13-23(18)20-11-24(33-7-9-38-10-8-33)32-25(12-20)39-17-22(35)16-37-2/h3-4,11-13,19,22,35H,5-10,14-17H2,1-2H3,(H,31,36)/t19-,22-/m0/s1. The molecule has 0 bridgehead atoms. The van der Waals surface area contributed by atoms with E-state index in [1.165, 1.54) is 12.0 Å². The molecule has 2 aliphatic rings. The summed E-state index contributed by atoms with van der Waals surface area (Å²) in [4.78, 5) is 21.0. The molecule has 3 heterocycles. The van der Waals surface area contributed by atoms with E-state index in [1.54, 1.807) is 12.1 Å². The number of carbonyl (C=O) groups excluding carboxylic acids is 1. The summed E-state index contributed by atoms with van der Waals surface area (Å²) in [5, 5.41) is 12.9. The topological polar surface area (TPSA) is 96.4 Å². The first kappa shape index (κ1) is 28.9. The number of hydrogen-bond donors (Lipinski definition) is 2. The van der Waals surface area contributed by atoms with Gasteiger partial charge < -0.3 is 34.4 Å². The molecule has 2 atom stereocenters. The van der Waals surface area contributed by atoms with E-state index in [1.807, 2.05) is 25.1 Å². The average Bonchev–Trinajstić information content (AvgIpc) is 3.36. The molecule has 2 amide bonds. The van der Waals surface area contributed by atoms with Crippen LogP contribution in [-0.2, 0) is 9.47 Å². The molecule has 2 saturated heterocycles. The van der Waals surface area contributed by atoms with Crippen molar-refractivity contribution in [1.82, 2.24) is 9.88 Å². The second kappa shape index (κ2) is 12.8. The number of alkyl halides is 3. The van der Waals surface area contributed by atoms with Gasteiger partial charge in [0.25, 0.3) is 0 Å². The molecular formula is C27H35F3N4O5. The number of likely N-dealkylation sites (tertiary alicyclic amines) is 1. The van der Waals surface area contributed by atoms with Gasteiger partial charge in [0.1, 0.15) is 18.5 Å². The van der Waals surface area contributed by atoms with E-state index in [4.69, 9.17) is 14.2 Å². The molecule has 2 aliphatic heterocycles. The summed E-state index contributed by atoms with van der Waals surface area (Å²) in [5.41, 5.74) is 3.12.